The number of fused-ring (bicyclic) bond motifs is 1. The fourth-order valence-electron chi connectivity index (χ4n) is 2.94. The monoisotopic (exact) mass is 393 g/mol. The molecule has 0 saturated heterocycles. The number of ether oxygens (including phenoxy) is 1. The second kappa shape index (κ2) is 6.36. The van der Waals surface area contributed by atoms with E-state index in [1.807, 2.05) is 0 Å². The van der Waals surface area contributed by atoms with Crippen molar-refractivity contribution in [3.8, 4) is 5.75 Å². The summed E-state index contributed by atoms with van der Waals surface area (Å²) in [7, 11) is 0. The Labute approximate surface area is 140 Å². The van der Waals surface area contributed by atoms with Crippen molar-refractivity contribution < 1.29 is 4.74 Å². The fourth-order valence-corrected chi connectivity index (χ4v) is 3.64. The summed E-state index contributed by atoms with van der Waals surface area (Å²) in [4.78, 5) is 0. The van der Waals surface area contributed by atoms with Crippen LogP contribution in [0, 0.1) is 3.57 Å². The summed E-state index contributed by atoms with van der Waals surface area (Å²) in [6.07, 6.45) is 1.30. The molecule has 0 aromatic heterocycles. The molecule has 0 aliphatic carbocycles. The highest BCUT2D eigenvalue weighted by atomic mass is 127. The number of hydrogen-bond acceptors (Lipinski definition) is 2. The van der Waals surface area contributed by atoms with Crippen LogP contribution in [0.2, 0.25) is 0 Å². The van der Waals surface area contributed by atoms with E-state index in [9.17, 15) is 0 Å². The third-order valence-electron chi connectivity index (χ3n) is 3.88. The highest BCUT2D eigenvalue weighted by Gasteiger charge is 2.22. The molecular weight excluding hydrogens is 373 g/mol. The first-order valence-electron chi connectivity index (χ1n) is 7.46. The standard InChI is InChI=1S/C18H20INO/c1-3-20-18(15-6-4-5-7-16(15)19)13-8-9-17-14(11-13)10-12(2)21-17/h4-9,11-12,18,20H,3,10H2,1-2H3. The Morgan fingerprint density at radius 1 is 1.29 bits per heavy atom. The summed E-state index contributed by atoms with van der Waals surface area (Å²) < 4.78 is 7.11. The average Bonchev–Trinajstić information content (AvgIpc) is 2.85. The van der Waals surface area contributed by atoms with E-state index in [1.54, 1.807) is 0 Å². The van der Waals surface area contributed by atoms with E-state index in [-0.39, 0.29) is 6.04 Å². The van der Waals surface area contributed by atoms with Crippen LogP contribution in [0.3, 0.4) is 0 Å². The zero-order valence-corrected chi connectivity index (χ0v) is 14.6. The second-order valence-electron chi connectivity index (χ2n) is 5.51. The molecule has 1 N–H and O–H groups in total. The van der Waals surface area contributed by atoms with Crippen molar-refractivity contribution in [1.82, 2.24) is 5.32 Å². The van der Waals surface area contributed by atoms with Gasteiger partial charge in [0.1, 0.15) is 11.9 Å². The van der Waals surface area contributed by atoms with Crippen LogP contribution < -0.4 is 10.1 Å². The van der Waals surface area contributed by atoms with Gasteiger partial charge in [0.25, 0.3) is 0 Å². The van der Waals surface area contributed by atoms with Gasteiger partial charge in [0, 0.05) is 9.99 Å². The first-order chi connectivity index (χ1) is 10.2. The van der Waals surface area contributed by atoms with Gasteiger partial charge in [0.05, 0.1) is 6.04 Å². The quantitative estimate of drug-likeness (QED) is 0.782. The van der Waals surface area contributed by atoms with Crippen LogP contribution in [0.5, 0.6) is 5.75 Å². The molecule has 0 fully saturated rings. The number of benzene rings is 2. The Kier molecular flexibility index (Phi) is 4.50. The van der Waals surface area contributed by atoms with Crippen molar-refractivity contribution in [1.29, 1.82) is 0 Å². The Morgan fingerprint density at radius 2 is 2.10 bits per heavy atom. The van der Waals surface area contributed by atoms with Crippen molar-refractivity contribution >= 4 is 22.6 Å². The molecule has 2 nitrogen and oxygen atoms in total. The maximum absolute atomic E-state index is 5.81. The molecule has 0 spiro atoms. The van der Waals surface area contributed by atoms with Gasteiger partial charge in [-0.15, -0.1) is 0 Å². The lowest BCUT2D eigenvalue weighted by Gasteiger charge is -2.21. The third-order valence-corrected chi connectivity index (χ3v) is 4.86. The topological polar surface area (TPSA) is 21.3 Å². The van der Waals surface area contributed by atoms with Gasteiger partial charge in [0.15, 0.2) is 0 Å². The lowest BCUT2D eigenvalue weighted by molar-refractivity contribution is 0.254. The molecule has 3 rings (SSSR count). The number of nitrogens with one attached hydrogen (secondary N) is 1. The zero-order chi connectivity index (χ0) is 14.8. The van der Waals surface area contributed by atoms with Gasteiger partial charge in [0.2, 0.25) is 0 Å². The first-order valence-corrected chi connectivity index (χ1v) is 8.54. The van der Waals surface area contributed by atoms with Crippen LogP contribution in [0.15, 0.2) is 42.5 Å². The van der Waals surface area contributed by atoms with E-state index >= 15 is 0 Å². The minimum atomic E-state index is 0.240. The van der Waals surface area contributed by atoms with Gasteiger partial charge in [-0.25, -0.2) is 0 Å². The molecule has 1 aliphatic rings. The van der Waals surface area contributed by atoms with Crippen molar-refractivity contribution in [3.05, 3.63) is 62.7 Å². The lowest BCUT2D eigenvalue weighted by Crippen LogP contribution is -2.22. The predicted molar refractivity (Wildman–Crippen MR) is 94.9 cm³/mol. The van der Waals surface area contributed by atoms with Gasteiger partial charge >= 0.3 is 0 Å². The number of hydrogen-bond donors (Lipinski definition) is 1. The van der Waals surface area contributed by atoms with Crippen molar-refractivity contribution in [2.75, 3.05) is 6.54 Å². The Bertz CT molecular complexity index is 641. The third kappa shape index (κ3) is 3.09. The maximum Gasteiger partial charge on any atom is 0.123 e. The molecular formula is C18H20INO. The molecule has 3 heteroatoms. The molecule has 2 aromatic rings. The Morgan fingerprint density at radius 3 is 2.86 bits per heavy atom. The summed E-state index contributed by atoms with van der Waals surface area (Å²) in [6, 6.07) is 15.4. The zero-order valence-electron chi connectivity index (χ0n) is 12.4. The molecule has 2 aromatic carbocycles. The van der Waals surface area contributed by atoms with Gasteiger partial charge in [-0.05, 0) is 64.9 Å². The summed E-state index contributed by atoms with van der Waals surface area (Å²) in [6.45, 7) is 5.22. The highest BCUT2D eigenvalue weighted by molar-refractivity contribution is 14.1. The first kappa shape index (κ1) is 14.9. The average molecular weight is 393 g/mol. The summed E-state index contributed by atoms with van der Waals surface area (Å²) >= 11 is 2.42. The van der Waals surface area contributed by atoms with Crippen LogP contribution in [0.1, 0.15) is 36.6 Å². The van der Waals surface area contributed by atoms with E-state index in [0.717, 1.165) is 18.7 Å². The molecule has 2 atom stereocenters. The van der Waals surface area contributed by atoms with Crippen LogP contribution in [-0.2, 0) is 6.42 Å². The number of halogens is 1. The molecule has 110 valence electrons. The minimum absolute atomic E-state index is 0.240. The largest absolute Gasteiger partial charge is 0.490 e. The van der Waals surface area contributed by atoms with Gasteiger partial charge in [-0.3, -0.25) is 0 Å². The number of rotatable bonds is 4. The molecule has 1 aliphatic heterocycles. The van der Waals surface area contributed by atoms with E-state index in [1.165, 1.54) is 20.3 Å². The minimum Gasteiger partial charge on any atom is -0.490 e. The van der Waals surface area contributed by atoms with Crippen molar-refractivity contribution in [3.63, 3.8) is 0 Å². The molecule has 0 saturated carbocycles. The summed E-state index contributed by atoms with van der Waals surface area (Å²) in [5, 5.41) is 3.61. The van der Waals surface area contributed by atoms with Crippen molar-refractivity contribution in [2.24, 2.45) is 0 Å². The molecule has 0 amide bonds. The summed E-state index contributed by atoms with van der Waals surface area (Å²) in [5.74, 6) is 1.05. The lowest BCUT2D eigenvalue weighted by atomic mass is 9.96. The van der Waals surface area contributed by atoms with E-state index in [4.69, 9.17) is 4.74 Å². The normalized spacial score (nSPS) is 18.1. The molecule has 21 heavy (non-hydrogen) atoms. The molecule has 1 heterocycles. The Hall–Kier alpha value is -1.07. The molecule has 2 unspecified atom stereocenters. The second-order valence-corrected chi connectivity index (χ2v) is 6.67. The van der Waals surface area contributed by atoms with Crippen molar-refractivity contribution in [2.45, 2.75) is 32.4 Å². The van der Waals surface area contributed by atoms with E-state index in [2.05, 4.69) is 84.2 Å². The SMILES string of the molecule is CCNC(c1ccc2c(c1)CC(C)O2)c1ccccc1I. The van der Waals surface area contributed by atoms with Crippen LogP contribution in [0.4, 0.5) is 0 Å². The predicted octanol–water partition coefficient (Wildman–Crippen LogP) is 4.31. The van der Waals surface area contributed by atoms with Gasteiger partial charge in [-0.2, -0.15) is 0 Å². The molecule has 0 bridgehead atoms. The van der Waals surface area contributed by atoms with Gasteiger partial charge < -0.3 is 10.1 Å². The van der Waals surface area contributed by atoms with Crippen LogP contribution in [-0.4, -0.2) is 12.6 Å². The van der Waals surface area contributed by atoms with Gasteiger partial charge in [-0.1, -0.05) is 37.3 Å². The highest BCUT2D eigenvalue weighted by Crippen LogP contribution is 2.33. The fraction of sp³-hybridized carbons (Fsp3) is 0.333. The van der Waals surface area contributed by atoms with E-state index < -0.39 is 0 Å². The van der Waals surface area contributed by atoms with Crippen LogP contribution >= 0.6 is 22.6 Å². The maximum atomic E-state index is 5.81. The summed E-state index contributed by atoms with van der Waals surface area (Å²) in [5.41, 5.74) is 3.98. The van der Waals surface area contributed by atoms with E-state index in [0.29, 0.717) is 6.10 Å². The van der Waals surface area contributed by atoms with Crippen LogP contribution in [0.25, 0.3) is 0 Å². The smallest absolute Gasteiger partial charge is 0.123 e. The Balaban J connectivity index is 1.99. The molecule has 0 radical (unpaired) electrons.